The standard InChI is InChI=1S/C11H16F2N2O/c1-15-10(4-5-14)11(16)7-2-3-8(12)9(13)6-7/h2-3,6,10-11,15-16H,4-5,14H2,1H3. The first-order chi connectivity index (χ1) is 7.60. The molecule has 0 aliphatic heterocycles. The van der Waals surface area contributed by atoms with Crippen LogP contribution in [0, 0.1) is 11.6 Å². The van der Waals surface area contributed by atoms with E-state index in [1.54, 1.807) is 7.05 Å². The van der Waals surface area contributed by atoms with E-state index < -0.39 is 17.7 Å². The van der Waals surface area contributed by atoms with Crippen LogP contribution in [0.1, 0.15) is 18.1 Å². The van der Waals surface area contributed by atoms with Gasteiger partial charge in [-0.15, -0.1) is 0 Å². The monoisotopic (exact) mass is 230 g/mol. The first-order valence-corrected chi connectivity index (χ1v) is 5.10. The fourth-order valence-corrected chi connectivity index (χ4v) is 1.57. The van der Waals surface area contributed by atoms with Crippen LogP contribution >= 0.6 is 0 Å². The van der Waals surface area contributed by atoms with E-state index in [-0.39, 0.29) is 6.04 Å². The van der Waals surface area contributed by atoms with Crippen LogP contribution in [-0.4, -0.2) is 24.7 Å². The maximum atomic E-state index is 13.0. The van der Waals surface area contributed by atoms with Crippen molar-refractivity contribution in [3.63, 3.8) is 0 Å². The van der Waals surface area contributed by atoms with Crippen molar-refractivity contribution in [2.45, 2.75) is 18.6 Å². The molecular weight excluding hydrogens is 214 g/mol. The number of halogens is 2. The van der Waals surface area contributed by atoms with Crippen molar-refractivity contribution in [2.24, 2.45) is 5.73 Å². The molecule has 2 unspecified atom stereocenters. The normalized spacial score (nSPS) is 14.8. The Hall–Kier alpha value is -1.04. The van der Waals surface area contributed by atoms with Gasteiger partial charge in [-0.1, -0.05) is 6.07 Å². The zero-order chi connectivity index (χ0) is 12.1. The third kappa shape index (κ3) is 2.98. The molecule has 1 aromatic carbocycles. The highest BCUT2D eigenvalue weighted by atomic mass is 19.2. The smallest absolute Gasteiger partial charge is 0.159 e. The van der Waals surface area contributed by atoms with E-state index in [9.17, 15) is 13.9 Å². The Balaban J connectivity index is 2.85. The molecule has 0 aliphatic carbocycles. The van der Waals surface area contributed by atoms with Gasteiger partial charge in [-0.3, -0.25) is 0 Å². The van der Waals surface area contributed by atoms with Crippen molar-refractivity contribution in [1.29, 1.82) is 0 Å². The average molecular weight is 230 g/mol. The molecule has 0 radical (unpaired) electrons. The first-order valence-electron chi connectivity index (χ1n) is 5.10. The minimum absolute atomic E-state index is 0.269. The van der Waals surface area contributed by atoms with Crippen LogP contribution in [0.15, 0.2) is 18.2 Å². The molecule has 0 fully saturated rings. The van der Waals surface area contributed by atoms with Crippen molar-refractivity contribution in [1.82, 2.24) is 5.32 Å². The molecule has 0 bridgehead atoms. The topological polar surface area (TPSA) is 58.3 Å². The maximum Gasteiger partial charge on any atom is 0.159 e. The zero-order valence-corrected chi connectivity index (χ0v) is 9.08. The Morgan fingerprint density at radius 2 is 2.06 bits per heavy atom. The minimum Gasteiger partial charge on any atom is -0.387 e. The molecule has 2 atom stereocenters. The van der Waals surface area contributed by atoms with Crippen LogP contribution in [0.2, 0.25) is 0 Å². The number of rotatable bonds is 5. The number of hydrogen-bond acceptors (Lipinski definition) is 3. The van der Waals surface area contributed by atoms with Crippen molar-refractivity contribution < 1.29 is 13.9 Å². The summed E-state index contributed by atoms with van der Waals surface area (Å²) in [6.45, 7) is 0.409. The van der Waals surface area contributed by atoms with Gasteiger partial charge in [0.2, 0.25) is 0 Å². The van der Waals surface area contributed by atoms with Crippen molar-refractivity contribution in [3.05, 3.63) is 35.4 Å². The van der Waals surface area contributed by atoms with Crippen LogP contribution < -0.4 is 11.1 Å². The third-order valence-corrected chi connectivity index (χ3v) is 2.51. The Morgan fingerprint density at radius 1 is 1.38 bits per heavy atom. The molecular formula is C11H16F2N2O. The summed E-state index contributed by atoms with van der Waals surface area (Å²) in [4.78, 5) is 0. The molecule has 1 aromatic rings. The van der Waals surface area contributed by atoms with Gasteiger partial charge in [0, 0.05) is 6.04 Å². The molecule has 1 rings (SSSR count). The van der Waals surface area contributed by atoms with Crippen LogP contribution in [0.5, 0.6) is 0 Å². The molecule has 0 amide bonds. The maximum absolute atomic E-state index is 13.0. The van der Waals surface area contributed by atoms with E-state index in [1.807, 2.05) is 0 Å². The second kappa shape index (κ2) is 5.89. The summed E-state index contributed by atoms with van der Waals surface area (Å²) in [6, 6.07) is 3.10. The lowest BCUT2D eigenvalue weighted by molar-refractivity contribution is 0.128. The van der Waals surface area contributed by atoms with E-state index in [4.69, 9.17) is 5.73 Å². The van der Waals surface area contributed by atoms with Crippen LogP contribution in [0.3, 0.4) is 0 Å². The summed E-state index contributed by atoms with van der Waals surface area (Å²) in [5.41, 5.74) is 5.73. The highest BCUT2D eigenvalue weighted by molar-refractivity contribution is 5.21. The largest absolute Gasteiger partial charge is 0.387 e. The van der Waals surface area contributed by atoms with Gasteiger partial charge in [0.25, 0.3) is 0 Å². The number of nitrogens with one attached hydrogen (secondary N) is 1. The van der Waals surface area contributed by atoms with Crippen molar-refractivity contribution in [3.8, 4) is 0 Å². The summed E-state index contributed by atoms with van der Waals surface area (Å²) in [5, 5.41) is 12.8. The minimum atomic E-state index is -0.959. The van der Waals surface area contributed by atoms with Gasteiger partial charge in [0.05, 0.1) is 6.10 Å². The summed E-state index contributed by atoms with van der Waals surface area (Å²) in [5.74, 6) is -1.88. The van der Waals surface area contributed by atoms with Crippen molar-refractivity contribution in [2.75, 3.05) is 13.6 Å². The zero-order valence-electron chi connectivity index (χ0n) is 9.08. The molecule has 16 heavy (non-hydrogen) atoms. The van der Waals surface area contributed by atoms with Gasteiger partial charge >= 0.3 is 0 Å². The van der Waals surface area contributed by atoms with E-state index in [0.29, 0.717) is 18.5 Å². The van der Waals surface area contributed by atoms with E-state index >= 15 is 0 Å². The summed E-state index contributed by atoms with van der Waals surface area (Å²) in [6.07, 6.45) is -0.347. The second-order valence-electron chi connectivity index (χ2n) is 3.59. The number of hydrogen-bond donors (Lipinski definition) is 3. The summed E-state index contributed by atoms with van der Waals surface area (Å²) < 4.78 is 25.7. The number of benzene rings is 1. The molecule has 0 heterocycles. The van der Waals surface area contributed by atoms with Crippen molar-refractivity contribution >= 4 is 0 Å². The SMILES string of the molecule is CNC(CCN)C(O)c1ccc(F)c(F)c1. The van der Waals surface area contributed by atoms with Gasteiger partial charge in [-0.05, 0) is 37.7 Å². The Bertz CT molecular complexity index is 347. The van der Waals surface area contributed by atoms with Gasteiger partial charge in [0.15, 0.2) is 11.6 Å². The number of nitrogens with two attached hydrogens (primary N) is 1. The predicted molar refractivity (Wildman–Crippen MR) is 57.8 cm³/mol. The lowest BCUT2D eigenvalue weighted by atomic mass is 10.00. The molecule has 0 aliphatic rings. The molecule has 90 valence electrons. The lowest BCUT2D eigenvalue weighted by Crippen LogP contribution is -2.34. The molecule has 4 N–H and O–H groups in total. The molecule has 0 saturated carbocycles. The molecule has 0 aromatic heterocycles. The van der Waals surface area contributed by atoms with Gasteiger partial charge in [-0.2, -0.15) is 0 Å². The first kappa shape index (κ1) is 13.0. The highest BCUT2D eigenvalue weighted by Gasteiger charge is 2.19. The van der Waals surface area contributed by atoms with E-state index in [1.165, 1.54) is 6.07 Å². The van der Waals surface area contributed by atoms with Gasteiger partial charge < -0.3 is 16.2 Å². The van der Waals surface area contributed by atoms with Gasteiger partial charge in [-0.25, -0.2) is 8.78 Å². The second-order valence-corrected chi connectivity index (χ2v) is 3.59. The highest BCUT2D eigenvalue weighted by Crippen LogP contribution is 2.20. The van der Waals surface area contributed by atoms with Crippen LogP contribution in [0.25, 0.3) is 0 Å². The predicted octanol–water partition coefficient (Wildman–Crippen LogP) is 0.935. The fraction of sp³-hybridized carbons (Fsp3) is 0.455. The van der Waals surface area contributed by atoms with Crippen LogP contribution in [0.4, 0.5) is 8.78 Å². The Kier molecular flexibility index (Phi) is 4.79. The summed E-state index contributed by atoms with van der Waals surface area (Å²) in [7, 11) is 1.68. The molecule has 5 heteroatoms. The quantitative estimate of drug-likeness (QED) is 0.705. The molecule has 0 spiro atoms. The molecule has 0 saturated heterocycles. The fourth-order valence-electron chi connectivity index (χ4n) is 1.57. The number of likely N-dealkylation sites (N-methyl/N-ethyl adjacent to an activating group) is 1. The number of aliphatic hydroxyl groups is 1. The third-order valence-electron chi connectivity index (χ3n) is 2.51. The Labute approximate surface area is 93.3 Å². The average Bonchev–Trinajstić information content (AvgIpc) is 2.28. The summed E-state index contributed by atoms with van der Waals surface area (Å²) >= 11 is 0. The van der Waals surface area contributed by atoms with E-state index in [0.717, 1.165) is 12.1 Å². The van der Waals surface area contributed by atoms with E-state index in [2.05, 4.69) is 5.32 Å². The van der Waals surface area contributed by atoms with Crippen LogP contribution in [-0.2, 0) is 0 Å². The van der Waals surface area contributed by atoms with Gasteiger partial charge in [0.1, 0.15) is 0 Å². The lowest BCUT2D eigenvalue weighted by Gasteiger charge is -2.22. The number of aliphatic hydroxyl groups excluding tert-OH is 1. The molecule has 3 nitrogen and oxygen atoms in total. The Morgan fingerprint density at radius 3 is 2.56 bits per heavy atom.